The monoisotopic (exact) mass is 342 g/mol. The average molecular weight is 342 g/mol. The van der Waals surface area contributed by atoms with Gasteiger partial charge in [0.25, 0.3) is 0 Å². The molecular weight excluding hydrogens is 324 g/mol. The summed E-state index contributed by atoms with van der Waals surface area (Å²) in [5.74, 6) is 0. The molecular formula is C22H18N2S. The molecule has 3 heteroatoms. The summed E-state index contributed by atoms with van der Waals surface area (Å²) in [6.45, 7) is 0. The molecule has 122 valence electrons. The van der Waals surface area contributed by atoms with Gasteiger partial charge in [-0.1, -0.05) is 91.0 Å². The highest BCUT2D eigenvalue weighted by molar-refractivity contribution is 7.99. The van der Waals surface area contributed by atoms with E-state index in [9.17, 15) is 0 Å². The Kier molecular flexibility index (Phi) is 4.40. The lowest BCUT2D eigenvalue weighted by Gasteiger charge is -2.35. The fourth-order valence-corrected chi connectivity index (χ4v) is 4.39. The van der Waals surface area contributed by atoms with Gasteiger partial charge in [0.2, 0.25) is 0 Å². The molecule has 0 spiro atoms. The van der Waals surface area contributed by atoms with Gasteiger partial charge in [-0.2, -0.15) is 0 Å². The van der Waals surface area contributed by atoms with Crippen molar-refractivity contribution in [1.82, 2.24) is 8.96 Å². The lowest BCUT2D eigenvalue weighted by atomic mass is 9.84. The van der Waals surface area contributed by atoms with Crippen LogP contribution in [-0.4, -0.2) is 8.96 Å². The fraction of sp³-hybridized carbons (Fsp3) is 0.0455. The van der Waals surface area contributed by atoms with E-state index in [4.69, 9.17) is 0 Å². The molecule has 2 nitrogen and oxygen atoms in total. The fourth-order valence-electron chi connectivity index (χ4n) is 3.14. The number of hydrogen-bond acceptors (Lipinski definition) is 2. The minimum Gasteiger partial charge on any atom is -0.279 e. The molecule has 0 N–H and O–H groups in total. The van der Waals surface area contributed by atoms with Gasteiger partial charge in [0.15, 0.2) is 0 Å². The van der Waals surface area contributed by atoms with E-state index in [-0.39, 0.29) is 4.75 Å². The molecule has 0 saturated heterocycles. The Morgan fingerprint density at radius 1 is 0.640 bits per heavy atom. The average Bonchev–Trinajstić information content (AvgIpc) is 3.21. The third-order valence-corrected chi connectivity index (χ3v) is 5.67. The Morgan fingerprint density at radius 2 is 1.08 bits per heavy atom. The van der Waals surface area contributed by atoms with Crippen molar-refractivity contribution in [3.8, 4) is 0 Å². The molecule has 0 bridgehead atoms. The van der Waals surface area contributed by atoms with Crippen LogP contribution in [0.15, 0.2) is 110 Å². The molecule has 4 aromatic rings. The molecule has 0 aliphatic carbocycles. The van der Waals surface area contributed by atoms with E-state index in [1.807, 2.05) is 18.7 Å². The van der Waals surface area contributed by atoms with Crippen LogP contribution in [0.1, 0.15) is 16.7 Å². The van der Waals surface area contributed by atoms with Gasteiger partial charge < -0.3 is 0 Å². The third-order valence-electron chi connectivity index (χ3n) is 4.26. The largest absolute Gasteiger partial charge is 0.279 e. The van der Waals surface area contributed by atoms with Gasteiger partial charge in [0.1, 0.15) is 11.1 Å². The van der Waals surface area contributed by atoms with Crippen molar-refractivity contribution in [3.63, 3.8) is 0 Å². The Balaban J connectivity index is 2.01. The zero-order valence-corrected chi connectivity index (χ0v) is 14.5. The first kappa shape index (κ1) is 15.7. The highest BCUT2D eigenvalue weighted by atomic mass is 32.2. The van der Waals surface area contributed by atoms with Crippen molar-refractivity contribution in [1.29, 1.82) is 0 Å². The van der Waals surface area contributed by atoms with Crippen LogP contribution >= 0.6 is 11.9 Å². The van der Waals surface area contributed by atoms with Crippen molar-refractivity contribution >= 4 is 11.9 Å². The molecule has 25 heavy (non-hydrogen) atoms. The first-order valence-corrected chi connectivity index (χ1v) is 9.01. The van der Waals surface area contributed by atoms with Gasteiger partial charge in [-0.05, 0) is 28.6 Å². The van der Waals surface area contributed by atoms with Crippen LogP contribution in [0.3, 0.4) is 0 Å². The summed E-state index contributed by atoms with van der Waals surface area (Å²) in [4.78, 5) is 4.23. The van der Waals surface area contributed by atoms with E-state index in [0.29, 0.717) is 0 Å². The molecule has 0 atom stereocenters. The topological polar surface area (TPSA) is 17.8 Å². The molecule has 0 aliphatic rings. The zero-order chi connectivity index (χ0) is 17.0. The SMILES string of the molecule is c1ccc(C(Sn2ccnc2)(c2ccccc2)c2ccccc2)cc1. The Labute approximate surface area is 152 Å². The Morgan fingerprint density at radius 3 is 1.44 bits per heavy atom. The van der Waals surface area contributed by atoms with Crippen molar-refractivity contribution in [3.05, 3.63) is 126 Å². The summed E-state index contributed by atoms with van der Waals surface area (Å²) in [5.41, 5.74) is 3.73. The maximum Gasteiger partial charge on any atom is 0.111 e. The van der Waals surface area contributed by atoms with Crippen LogP contribution in [0, 0.1) is 0 Å². The molecule has 0 radical (unpaired) electrons. The minimum atomic E-state index is -0.357. The number of aromatic nitrogens is 2. The number of rotatable bonds is 5. The minimum absolute atomic E-state index is 0.357. The van der Waals surface area contributed by atoms with E-state index in [2.05, 4.69) is 100.0 Å². The molecule has 0 aliphatic heterocycles. The summed E-state index contributed by atoms with van der Waals surface area (Å²) in [5, 5.41) is 0. The van der Waals surface area contributed by atoms with Crippen molar-refractivity contribution in [2.75, 3.05) is 0 Å². The van der Waals surface area contributed by atoms with Crippen LogP contribution < -0.4 is 0 Å². The highest BCUT2D eigenvalue weighted by Gasteiger charge is 2.38. The molecule has 0 saturated carbocycles. The van der Waals surface area contributed by atoms with Crippen molar-refractivity contribution < 1.29 is 0 Å². The number of nitrogens with zero attached hydrogens (tertiary/aromatic N) is 2. The number of benzene rings is 3. The van der Waals surface area contributed by atoms with Gasteiger partial charge in [0.05, 0.1) is 0 Å². The highest BCUT2D eigenvalue weighted by Crippen LogP contribution is 2.48. The van der Waals surface area contributed by atoms with Crippen molar-refractivity contribution in [2.45, 2.75) is 4.75 Å². The summed E-state index contributed by atoms with van der Waals surface area (Å²) >= 11 is 1.76. The van der Waals surface area contributed by atoms with Crippen LogP contribution in [0.2, 0.25) is 0 Å². The van der Waals surface area contributed by atoms with E-state index < -0.39 is 0 Å². The van der Waals surface area contributed by atoms with E-state index in [0.717, 1.165) is 0 Å². The molecule has 4 rings (SSSR count). The lowest BCUT2D eigenvalue weighted by Crippen LogP contribution is -2.26. The van der Waals surface area contributed by atoms with Gasteiger partial charge in [-0.25, -0.2) is 4.98 Å². The molecule has 0 amide bonds. The van der Waals surface area contributed by atoms with E-state index in [1.165, 1.54) is 16.7 Å². The molecule has 1 aromatic heterocycles. The second-order valence-electron chi connectivity index (χ2n) is 5.79. The molecule has 3 aromatic carbocycles. The van der Waals surface area contributed by atoms with E-state index >= 15 is 0 Å². The summed E-state index contributed by atoms with van der Waals surface area (Å²) < 4.78 is 1.72. The summed E-state index contributed by atoms with van der Waals surface area (Å²) in [6, 6.07) is 32.0. The lowest BCUT2D eigenvalue weighted by molar-refractivity contribution is 0.885. The normalized spacial score (nSPS) is 11.4. The molecule has 0 unspecified atom stereocenters. The van der Waals surface area contributed by atoms with E-state index in [1.54, 1.807) is 11.9 Å². The van der Waals surface area contributed by atoms with Gasteiger partial charge in [0, 0.05) is 12.4 Å². The summed E-state index contributed by atoms with van der Waals surface area (Å²) in [6.07, 6.45) is 5.67. The molecule has 1 heterocycles. The van der Waals surface area contributed by atoms with Gasteiger partial charge in [-0.3, -0.25) is 3.97 Å². The number of hydrogen-bond donors (Lipinski definition) is 0. The van der Waals surface area contributed by atoms with Crippen LogP contribution in [0.25, 0.3) is 0 Å². The predicted octanol–water partition coefficient (Wildman–Crippen LogP) is 5.37. The summed E-state index contributed by atoms with van der Waals surface area (Å²) in [7, 11) is 0. The smallest absolute Gasteiger partial charge is 0.111 e. The zero-order valence-electron chi connectivity index (χ0n) is 13.7. The van der Waals surface area contributed by atoms with Gasteiger partial charge >= 0.3 is 0 Å². The maximum atomic E-state index is 4.23. The number of imidazole rings is 1. The Bertz CT molecular complexity index is 808. The maximum absolute atomic E-state index is 4.23. The van der Waals surface area contributed by atoms with Crippen LogP contribution in [-0.2, 0) is 4.75 Å². The molecule has 0 fully saturated rings. The predicted molar refractivity (Wildman–Crippen MR) is 104 cm³/mol. The first-order chi connectivity index (χ1) is 12.4. The van der Waals surface area contributed by atoms with Crippen molar-refractivity contribution in [2.24, 2.45) is 0 Å². The standard InChI is InChI=1S/C22H18N2S/c1-4-10-19(11-5-1)22(20-12-6-2-7-13-20,21-14-8-3-9-15-21)25-24-17-16-23-18-24/h1-18H. The van der Waals surface area contributed by atoms with Gasteiger partial charge in [-0.15, -0.1) is 0 Å². The quantitative estimate of drug-likeness (QED) is 0.454. The third kappa shape index (κ3) is 2.99. The van der Waals surface area contributed by atoms with Crippen LogP contribution in [0.5, 0.6) is 0 Å². The first-order valence-electron chi connectivity index (χ1n) is 8.23. The van der Waals surface area contributed by atoms with Crippen LogP contribution in [0.4, 0.5) is 0 Å². The Hall–Kier alpha value is -2.78. The second-order valence-corrected chi connectivity index (χ2v) is 7.01. The second kappa shape index (κ2) is 6.99.